The third kappa shape index (κ3) is 7.07. The van der Waals surface area contributed by atoms with E-state index in [9.17, 15) is 0 Å². The zero-order valence-electron chi connectivity index (χ0n) is 14.2. The fourth-order valence-corrected chi connectivity index (χ4v) is 2.55. The number of benzene rings is 1. The summed E-state index contributed by atoms with van der Waals surface area (Å²) in [6, 6.07) is 6.23. The van der Waals surface area contributed by atoms with Gasteiger partial charge in [-0.2, -0.15) is 11.8 Å². The molecule has 0 saturated heterocycles. The first-order valence-corrected chi connectivity index (χ1v) is 9.25. The highest BCUT2D eigenvalue weighted by Crippen LogP contribution is 2.19. The van der Waals surface area contributed by atoms with E-state index in [1.54, 1.807) is 7.11 Å². The third-order valence-corrected chi connectivity index (χ3v) is 4.00. The van der Waals surface area contributed by atoms with Crippen molar-refractivity contribution in [3.63, 3.8) is 0 Å². The molecule has 0 atom stereocenters. The number of methoxy groups -OCH3 is 1. The van der Waals surface area contributed by atoms with Gasteiger partial charge in [-0.3, -0.25) is 0 Å². The molecule has 0 fully saturated rings. The summed E-state index contributed by atoms with van der Waals surface area (Å²) in [6.45, 7) is 6.61. The van der Waals surface area contributed by atoms with Crippen molar-refractivity contribution in [1.29, 1.82) is 0 Å². The van der Waals surface area contributed by atoms with Crippen LogP contribution in [0.1, 0.15) is 30.9 Å². The maximum Gasteiger partial charge on any atom is 0.191 e. The quantitative estimate of drug-likeness (QED) is 0.416. The van der Waals surface area contributed by atoms with Crippen LogP contribution >= 0.6 is 11.8 Å². The lowest BCUT2D eigenvalue weighted by Crippen LogP contribution is -2.37. The number of hydrogen-bond donors (Lipinski definition) is 2. The van der Waals surface area contributed by atoms with Gasteiger partial charge in [0.05, 0.1) is 13.7 Å². The van der Waals surface area contributed by atoms with Crippen molar-refractivity contribution in [3.8, 4) is 5.75 Å². The van der Waals surface area contributed by atoms with Gasteiger partial charge in [0, 0.05) is 13.1 Å². The van der Waals surface area contributed by atoms with Crippen molar-refractivity contribution in [3.05, 3.63) is 29.3 Å². The molecule has 0 radical (unpaired) electrons. The van der Waals surface area contributed by atoms with Gasteiger partial charge in [-0.25, -0.2) is 4.99 Å². The molecular weight excluding hydrogens is 294 g/mol. The molecule has 0 unspecified atom stereocenters. The number of ether oxygens (including phenoxy) is 1. The molecule has 4 nitrogen and oxygen atoms in total. The van der Waals surface area contributed by atoms with Crippen LogP contribution in [0.5, 0.6) is 5.75 Å². The summed E-state index contributed by atoms with van der Waals surface area (Å²) < 4.78 is 5.36. The summed E-state index contributed by atoms with van der Waals surface area (Å²) in [4.78, 5) is 4.64. The normalized spacial score (nSPS) is 11.4. The number of nitrogens with zero attached hydrogens (tertiary/aromatic N) is 1. The molecule has 0 aromatic heterocycles. The predicted molar refractivity (Wildman–Crippen MR) is 98.2 cm³/mol. The predicted octanol–water partition coefficient (Wildman–Crippen LogP) is 3.20. The Hall–Kier alpha value is -1.36. The SMILES string of the molecule is CCNC(=NCc1ccc(C)c(OC)c1)NCCCCSC. The summed E-state index contributed by atoms with van der Waals surface area (Å²) >= 11 is 1.90. The smallest absolute Gasteiger partial charge is 0.191 e. The number of unbranched alkanes of at least 4 members (excludes halogenated alkanes) is 1. The van der Waals surface area contributed by atoms with Gasteiger partial charge in [-0.15, -0.1) is 0 Å². The van der Waals surface area contributed by atoms with E-state index in [1.807, 2.05) is 18.7 Å². The molecule has 1 aromatic carbocycles. The molecule has 0 aliphatic heterocycles. The zero-order valence-corrected chi connectivity index (χ0v) is 15.1. The van der Waals surface area contributed by atoms with Gasteiger partial charge in [-0.1, -0.05) is 12.1 Å². The van der Waals surface area contributed by atoms with Crippen LogP contribution in [0.3, 0.4) is 0 Å². The first kappa shape index (κ1) is 18.7. The summed E-state index contributed by atoms with van der Waals surface area (Å²) in [5.41, 5.74) is 2.30. The molecule has 1 rings (SSSR count). The molecule has 0 heterocycles. The topological polar surface area (TPSA) is 45.7 Å². The van der Waals surface area contributed by atoms with Crippen LogP contribution < -0.4 is 15.4 Å². The van der Waals surface area contributed by atoms with Gasteiger partial charge < -0.3 is 15.4 Å². The van der Waals surface area contributed by atoms with Crippen LogP contribution in [0, 0.1) is 6.92 Å². The molecule has 5 heteroatoms. The van der Waals surface area contributed by atoms with Crippen LogP contribution in [0.15, 0.2) is 23.2 Å². The average Bonchev–Trinajstić information content (AvgIpc) is 2.53. The lowest BCUT2D eigenvalue weighted by Gasteiger charge is -2.11. The molecule has 2 N–H and O–H groups in total. The highest BCUT2D eigenvalue weighted by molar-refractivity contribution is 7.98. The fourth-order valence-electron chi connectivity index (χ4n) is 2.05. The fraction of sp³-hybridized carbons (Fsp3) is 0.588. The van der Waals surface area contributed by atoms with Gasteiger partial charge in [-0.05, 0) is 55.9 Å². The first-order valence-electron chi connectivity index (χ1n) is 7.85. The minimum atomic E-state index is 0.650. The van der Waals surface area contributed by atoms with E-state index in [0.717, 1.165) is 35.9 Å². The Balaban J connectivity index is 2.53. The number of nitrogens with one attached hydrogen (secondary N) is 2. The van der Waals surface area contributed by atoms with Gasteiger partial charge in [0.25, 0.3) is 0 Å². The van der Waals surface area contributed by atoms with Crippen molar-refractivity contribution in [2.75, 3.05) is 32.2 Å². The van der Waals surface area contributed by atoms with E-state index in [-0.39, 0.29) is 0 Å². The van der Waals surface area contributed by atoms with Gasteiger partial charge >= 0.3 is 0 Å². The van der Waals surface area contributed by atoms with Crippen LogP contribution in [0.2, 0.25) is 0 Å². The van der Waals surface area contributed by atoms with Crippen molar-refractivity contribution < 1.29 is 4.74 Å². The lowest BCUT2D eigenvalue weighted by atomic mass is 10.1. The first-order chi connectivity index (χ1) is 10.7. The summed E-state index contributed by atoms with van der Waals surface area (Å²) in [7, 11) is 1.70. The molecule has 0 saturated carbocycles. The molecule has 1 aromatic rings. The van der Waals surface area contributed by atoms with Crippen molar-refractivity contribution in [1.82, 2.24) is 10.6 Å². The van der Waals surface area contributed by atoms with E-state index in [4.69, 9.17) is 4.74 Å². The maximum atomic E-state index is 5.36. The van der Waals surface area contributed by atoms with E-state index in [2.05, 4.69) is 47.0 Å². The molecule has 0 aliphatic carbocycles. The van der Waals surface area contributed by atoms with E-state index in [1.165, 1.54) is 18.6 Å². The standard InChI is InChI=1S/C17H29N3OS/c1-5-18-17(19-10-6-7-11-22-4)20-13-15-9-8-14(2)16(12-15)21-3/h8-9,12H,5-7,10-11,13H2,1-4H3,(H2,18,19,20). The van der Waals surface area contributed by atoms with E-state index in [0.29, 0.717) is 6.54 Å². The van der Waals surface area contributed by atoms with Gasteiger partial charge in [0.15, 0.2) is 5.96 Å². The summed E-state index contributed by atoms with van der Waals surface area (Å²) in [5.74, 6) is 3.02. The Morgan fingerprint density at radius 1 is 1.27 bits per heavy atom. The Kier molecular flexibility index (Phi) is 9.55. The Morgan fingerprint density at radius 3 is 2.77 bits per heavy atom. The number of thioether (sulfide) groups is 1. The number of aliphatic imine (C=N–C) groups is 1. The average molecular weight is 324 g/mol. The largest absolute Gasteiger partial charge is 0.496 e. The molecule has 0 bridgehead atoms. The summed E-state index contributed by atoms with van der Waals surface area (Å²) in [5, 5.41) is 6.67. The van der Waals surface area contributed by atoms with E-state index >= 15 is 0 Å². The number of guanidine groups is 1. The van der Waals surface area contributed by atoms with Crippen LogP contribution in [0.4, 0.5) is 0 Å². The number of rotatable bonds is 9. The molecule has 0 spiro atoms. The van der Waals surface area contributed by atoms with Crippen molar-refractivity contribution in [2.45, 2.75) is 33.2 Å². The molecule has 124 valence electrons. The summed E-state index contributed by atoms with van der Waals surface area (Å²) in [6.07, 6.45) is 4.56. The monoisotopic (exact) mass is 323 g/mol. The minimum absolute atomic E-state index is 0.650. The van der Waals surface area contributed by atoms with Crippen molar-refractivity contribution in [2.24, 2.45) is 4.99 Å². The maximum absolute atomic E-state index is 5.36. The van der Waals surface area contributed by atoms with Crippen LogP contribution in [-0.2, 0) is 6.54 Å². The Morgan fingerprint density at radius 2 is 2.09 bits per heavy atom. The number of hydrogen-bond acceptors (Lipinski definition) is 3. The molecule has 0 amide bonds. The Bertz CT molecular complexity index is 463. The van der Waals surface area contributed by atoms with E-state index < -0.39 is 0 Å². The van der Waals surface area contributed by atoms with Crippen molar-refractivity contribution >= 4 is 17.7 Å². The molecule has 0 aliphatic rings. The highest BCUT2D eigenvalue weighted by Gasteiger charge is 2.01. The molecule has 22 heavy (non-hydrogen) atoms. The molecular formula is C17H29N3OS. The van der Waals surface area contributed by atoms with Gasteiger partial charge in [0.1, 0.15) is 5.75 Å². The number of aryl methyl sites for hydroxylation is 1. The zero-order chi connectivity index (χ0) is 16.2. The lowest BCUT2D eigenvalue weighted by molar-refractivity contribution is 0.411. The Labute approximate surface area is 139 Å². The third-order valence-electron chi connectivity index (χ3n) is 3.30. The van der Waals surface area contributed by atoms with Crippen LogP contribution in [-0.4, -0.2) is 38.2 Å². The second-order valence-electron chi connectivity index (χ2n) is 5.13. The minimum Gasteiger partial charge on any atom is -0.496 e. The highest BCUT2D eigenvalue weighted by atomic mass is 32.2. The van der Waals surface area contributed by atoms with Gasteiger partial charge in [0.2, 0.25) is 0 Å². The second-order valence-corrected chi connectivity index (χ2v) is 6.11. The van der Waals surface area contributed by atoms with Crippen LogP contribution in [0.25, 0.3) is 0 Å². The second kappa shape index (κ2) is 11.2.